The molecule has 0 saturated heterocycles. The summed E-state index contributed by atoms with van der Waals surface area (Å²) in [6, 6.07) is 36.6. The standard InChI is InChI=1S/C48H40BrN3O5/c1-48(2,3)57-44(55)23-28(22-43(54)56-26-40-32-12-6-4-10-30(32)31-11-5-7-13-33(31)40)42(53)21-27-16-18-36-37(20-27)34-14-8-9-15-35(34)45-46(36)52-47(51-45)39-25-50-41-19-17-29(49)24-38(39)41/h4-20,24-25,28,40,50H,21-23,26H2,1-3H3,(H,51,52). The highest BCUT2D eigenvalue weighted by molar-refractivity contribution is 9.10. The summed E-state index contributed by atoms with van der Waals surface area (Å²) in [5, 5.41) is 5.00. The van der Waals surface area contributed by atoms with Crippen LogP contribution in [0.2, 0.25) is 0 Å². The Hall–Kier alpha value is -6.06. The van der Waals surface area contributed by atoms with E-state index in [0.29, 0.717) is 0 Å². The predicted octanol–water partition coefficient (Wildman–Crippen LogP) is 11.0. The number of benzene rings is 6. The molecule has 0 amide bonds. The Labute approximate surface area is 337 Å². The number of ether oxygens (including phenoxy) is 2. The molecular formula is C48H40BrN3O5. The van der Waals surface area contributed by atoms with Gasteiger partial charge in [-0.3, -0.25) is 14.4 Å². The van der Waals surface area contributed by atoms with Crippen molar-refractivity contribution < 1.29 is 23.9 Å². The number of rotatable bonds is 10. The molecule has 0 spiro atoms. The van der Waals surface area contributed by atoms with E-state index in [2.05, 4.69) is 68.4 Å². The van der Waals surface area contributed by atoms with Crippen molar-refractivity contribution in [2.75, 3.05) is 6.61 Å². The molecule has 1 atom stereocenters. The maximum Gasteiger partial charge on any atom is 0.307 e. The van der Waals surface area contributed by atoms with Crippen molar-refractivity contribution in [1.29, 1.82) is 0 Å². The second-order valence-electron chi connectivity index (χ2n) is 15.9. The first-order valence-corrected chi connectivity index (χ1v) is 20.0. The first kappa shape index (κ1) is 36.6. The summed E-state index contributed by atoms with van der Waals surface area (Å²) < 4.78 is 12.5. The summed E-state index contributed by atoms with van der Waals surface area (Å²) in [5.74, 6) is -1.56. The summed E-state index contributed by atoms with van der Waals surface area (Å²) in [5.41, 5.74) is 8.25. The number of esters is 2. The van der Waals surface area contributed by atoms with E-state index in [9.17, 15) is 14.4 Å². The molecule has 2 N–H and O–H groups in total. The molecule has 1 aliphatic carbocycles. The van der Waals surface area contributed by atoms with E-state index in [0.717, 1.165) is 87.2 Å². The molecule has 0 radical (unpaired) electrons. The van der Waals surface area contributed by atoms with Crippen molar-refractivity contribution >= 4 is 77.1 Å². The zero-order chi connectivity index (χ0) is 39.4. The number of nitrogens with one attached hydrogen (secondary N) is 2. The van der Waals surface area contributed by atoms with Crippen LogP contribution >= 0.6 is 15.9 Å². The van der Waals surface area contributed by atoms with E-state index in [1.165, 1.54) is 0 Å². The lowest BCUT2D eigenvalue weighted by Gasteiger charge is -2.22. The Morgan fingerprint density at radius 3 is 2.16 bits per heavy atom. The van der Waals surface area contributed by atoms with Gasteiger partial charge in [0, 0.05) is 56.2 Å². The van der Waals surface area contributed by atoms with Gasteiger partial charge >= 0.3 is 11.9 Å². The lowest BCUT2D eigenvalue weighted by Crippen LogP contribution is -2.29. The largest absolute Gasteiger partial charge is 0.465 e. The minimum Gasteiger partial charge on any atom is -0.465 e. The van der Waals surface area contributed by atoms with E-state index < -0.39 is 23.5 Å². The van der Waals surface area contributed by atoms with Gasteiger partial charge in [0.1, 0.15) is 23.8 Å². The lowest BCUT2D eigenvalue weighted by atomic mass is 9.90. The van der Waals surface area contributed by atoms with Crippen LogP contribution in [0.3, 0.4) is 0 Å². The molecule has 8 nitrogen and oxygen atoms in total. The molecule has 57 heavy (non-hydrogen) atoms. The number of fused-ring (bicyclic) bond motifs is 10. The highest BCUT2D eigenvalue weighted by atomic mass is 79.9. The van der Waals surface area contributed by atoms with Crippen molar-refractivity contribution in [3.8, 4) is 22.5 Å². The van der Waals surface area contributed by atoms with Crippen molar-refractivity contribution in [3.63, 3.8) is 0 Å². The molecule has 8 aromatic rings. The maximum absolute atomic E-state index is 14.2. The maximum atomic E-state index is 14.2. The Balaban J connectivity index is 0.999. The number of Topliss-reactive ketones (excluding diaryl/α,β-unsaturated/α-hetero) is 1. The third kappa shape index (κ3) is 7.01. The van der Waals surface area contributed by atoms with E-state index >= 15 is 0 Å². The van der Waals surface area contributed by atoms with Crippen molar-refractivity contribution in [3.05, 3.63) is 137 Å². The summed E-state index contributed by atoms with van der Waals surface area (Å²) in [7, 11) is 0. The minimum atomic E-state index is -0.920. The molecule has 6 aromatic carbocycles. The first-order chi connectivity index (χ1) is 27.5. The first-order valence-electron chi connectivity index (χ1n) is 19.2. The highest BCUT2D eigenvalue weighted by Crippen LogP contribution is 2.45. The number of hydrogen-bond donors (Lipinski definition) is 2. The molecule has 9 heteroatoms. The van der Waals surface area contributed by atoms with Crippen LogP contribution in [-0.4, -0.2) is 44.9 Å². The van der Waals surface area contributed by atoms with Gasteiger partial charge in [0.2, 0.25) is 0 Å². The number of imidazole rings is 1. The van der Waals surface area contributed by atoms with E-state index in [4.69, 9.17) is 14.5 Å². The van der Waals surface area contributed by atoms with Gasteiger partial charge in [-0.2, -0.15) is 0 Å². The van der Waals surface area contributed by atoms with Gasteiger partial charge in [-0.1, -0.05) is 107 Å². The number of halogens is 1. The quantitative estimate of drug-likeness (QED) is 0.105. The van der Waals surface area contributed by atoms with Gasteiger partial charge in [0.05, 0.1) is 23.9 Å². The SMILES string of the molecule is CC(C)(C)OC(=O)CC(CC(=O)OCC1c2ccccc2-c2ccccc21)C(=O)Cc1ccc2c(c1)c1ccccc1c1nc(-c3c[nH]c4ccc(Br)cc34)[nH]c21. The van der Waals surface area contributed by atoms with Gasteiger partial charge in [0.25, 0.3) is 0 Å². The normalized spacial score (nSPS) is 13.3. The molecular weight excluding hydrogens is 778 g/mol. The number of H-pyrrole nitrogens is 2. The number of ketones is 1. The summed E-state index contributed by atoms with van der Waals surface area (Å²) in [6.45, 7) is 5.49. The van der Waals surface area contributed by atoms with Gasteiger partial charge in [-0.25, -0.2) is 4.98 Å². The average Bonchev–Trinajstić information content (AvgIpc) is 3.90. The monoisotopic (exact) mass is 817 g/mol. The van der Waals surface area contributed by atoms with Gasteiger partial charge in [0.15, 0.2) is 0 Å². The summed E-state index contributed by atoms with van der Waals surface area (Å²) in [4.78, 5) is 52.9. The van der Waals surface area contributed by atoms with Crippen molar-refractivity contribution in [2.45, 2.75) is 51.6 Å². The number of aromatic amines is 2. The zero-order valence-corrected chi connectivity index (χ0v) is 33.4. The van der Waals surface area contributed by atoms with Gasteiger partial charge < -0.3 is 19.4 Å². The summed E-state index contributed by atoms with van der Waals surface area (Å²) in [6.07, 6.45) is 1.55. The minimum absolute atomic E-state index is 0.0326. The molecule has 2 aromatic heterocycles. The lowest BCUT2D eigenvalue weighted by molar-refractivity contribution is -0.158. The smallest absolute Gasteiger partial charge is 0.307 e. The fourth-order valence-corrected chi connectivity index (χ4v) is 8.71. The molecule has 9 rings (SSSR count). The number of nitrogens with zero attached hydrogens (tertiary/aromatic N) is 1. The molecule has 0 aliphatic heterocycles. The van der Waals surface area contributed by atoms with Crippen LogP contribution in [0.1, 0.15) is 56.2 Å². The van der Waals surface area contributed by atoms with Crippen LogP contribution in [0.5, 0.6) is 0 Å². The van der Waals surface area contributed by atoms with E-state index in [-0.39, 0.29) is 37.6 Å². The Morgan fingerprint density at radius 1 is 0.737 bits per heavy atom. The average molecular weight is 819 g/mol. The number of carbonyl (C=O) groups is 3. The molecule has 1 unspecified atom stereocenters. The Morgan fingerprint density at radius 2 is 1.42 bits per heavy atom. The van der Waals surface area contributed by atoms with E-state index in [1.54, 1.807) is 20.8 Å². The van der Waals surface area contributed by atoms with Crippen LogP contribution < -0.4 is 0 Å². The molecule has 284 valence electrons. The second-order valence-corrected chi connectivity index (χ2v) is 16.8. The van der Waals surface area contributed by atoms with Gasteiger partial charge in [-0.05, 0) is 77.6 Å². The Kier molecular flexibility index (Phi) is 9.28. The van der Waals surface area contributed by atoms with Crippen molar-refractivity contribution in [1.82, 2.24) is 15.0 Å². The topological polar surface area (TPSA) is 114 Å². The van der Waals surface area contributed by atoms with Gasteiger partial charge in [-0.15, -0.1) is 0 Å². The highest BCUT2D eigenvalue weighted by Gasteiger charge is 2.32. The molecule has 2 heterocycles. The van der Waals surface area contributed by atoms with Crippen molar-refractivity contribution in [2.24, 2.45) is 5.92 Å². The summed E-state index contributed by atoms with van der Waals surface area (Å²) >= 11 is 3.61. The predicted molar refractivity (Wildman–Crippen MR) is 228 cm³/mol. The van der Waals surface area contributed by atoms with Crippen LogP contribution in [0.25, 0.3) is 66.0 Å². The zero-order valence-electron chi connectivity index (χ0n) is 31.8. The molecule has 1 aliphatic rings. The molecule has 0 bridgehead atoms. The fraction of sp³-hybridized carbons (Fsp3) is 0.208. The molecule has 0 fully saturated rings. The fourth-order valence-electron chi connectivity index (χ4n) is 8.35. The third-order valence-corrected chi connectivity index (χ3v) is 11.4. The van der Waals surface area contributed by atoms with Crippen LogP contribution in [0.15, 0.2) is 120 Å². The number of carbonyl (C=O) groups excluding carboxylic acids is 3. The van der Waals surface area contributed by atoms with E-state index in [1.807, 2.05) is 72.9 Å². The molecule has 0 saturated carbocycles. The second kappa shape index (κ2) is 14.5. The number of hydrogen-bond acceptors (Lipinski definition) is 6. The van der Waals surface area contributed by atoms with Crippen LogP contribution in [0, 0.1) is 5.92 Å². The van der Waals surface area contributed by atoms with Crippen LogP contribution in [0.4, 0.5) is 0 Å². The number of aromatic nitrogens is 3. The third-order valence-electron chi connectivity index (χ3n) is 10.9. The Bertz CT molecular complexity index is 2850. The van der Waals surface area contributed by atoms with Crippen LogP contribution in [-0.2, 0) is 30.3 Å².